The van der Waals surface area contributed by atoms with Crippen molar-refractivity contribution in [1.29, 1.82) is 0 Å². The Hall–Kier alpha value is -0.730. The Labute approximate surface area is 200 Å². The molecule has 3 atom stereocenters. The molecule has 9 heteroatoms. The molecule has 4 rings (SSSR count). The Bertz CT molecular complexity index is 875. The van der Waals surface area contributed by atoms with Crippen molar-refractivity contribution in [2.75, 3.05) is 18.1 Å². The van der Waals surface area contributed by atoms with Crippen LogP contribution in [0.2, 0.25) is 10.0 Å². The van der Waals surface area contributed by atoms with E-state index in [0.29, 0.717) is 15.8 Å². The molecule has 1 unspecified atom stereocenters. The molecule has 1 aromatic carbocycles. The number of carbonyl (C=O) groups excluding carboxylic acids is 1. The van der Waals surface area contributed by atoms with E-state index in [0.717, 1.165) is 48.3 Å². The van der Waals surface area contributed by atoms with Gasteiger partial charge in [-0.3, -0.25) is 15.2 Å². The molecule has 1 fully saturated rings. The molecule has 0 bridgehead atoms. The number of hydrogen-bond acceptors (Lipinski definition) is 5. The summed E-state index contributed by atoms with van der Waals surface area (Å²) in [5.74, 6) is -0.0813. The highest BCUT2D eigenvalue weighted by Crippen LogP contribution is 2.46. The first-order chi connectivity index (χ1) is 14.5. The molecule has 0 radical (unpaired) electrons. The van der Waals surface area contributed by atoms with Crippen LogP contribution in [0, 0.1) is 5.92 Å². The zero-order valence-corrected chi connectivity index (χ0v) is 20.7. The number of halogens is 3. The van der Waals surface area contributed by atoms with Crippen LogP contribution in [0.5, 0.6) is 0 Å². The Balaban J connectivity index is 1.65. The lowest BCUT2D eigenvalue weighted by atomic mass is 9.89. The Morgan fingerprint density at radius 3 is 2.70 bits per heavy atom. The number of piperidine rings is 1. The van der Waals surface area contributed by atoms with Crippen molar-refractivity contribution >= 4 is 68.2 Å². The van der Waals surface area contributed by atoms with Gasteiger partial charge in [-0.15, -0.1) is 11.8 Å². The molecule has 1 saturated heterocycles. The van der Waals surface area contributed by atoms with E-state index in [-0.39, 0.29) is 23.1 Å². The topological polar surface area (TPSA) is 47.9 Å². The number of amides is 1. The normalized spacial score (nSPS) is 27.2. The van der Waals surface area contributed by atoms with Gasteiger partial charge in [-0.1, -0.05) is 42.6 Å². The van der Waals surface area contributed by atoms with Crippen molar-refractivity contribution in [2.24, 2.45) is 11.0 Å². The third-order valence-electron chi connectivity index (χ3n) is 5.86. The number of thioether (sulfide) groups is 1. The third kappa shape index (κ3) is 4.70. The second-order valence-electron chi connectivity index (χ2n) is 7.82. The van der Waals surface area contributed by atoms with Crippen LogP contribution in [0.15, 0.2) is 33.2 Å². The molecule has 162 valence electrons. The number of anilines is 1. The fraction of sp³-hybridized carbons (Fsp3) is 0.524. The Morgan fingerprint density at radius 1 is 1.30 bits per heavy atom. The maximum atomic E-state index is 13.2. The minimum Gasteiger partial charge on any atom is -0.284 e. The molecule has 0 spiro atoms. The predicted octanol–water partition coefficient (Wildman–Crippen LogP) is 5.82. The van der Waals surface area contributed by atoms with Crippen molar-refractivity contribution in [3.63, 3.8) is 0 Å². The number of rotatable bonds is 5. The highest BCUT2D eigenvalue weighted by molar-refractivity contribution is 9.14. The molecule has 1 aromatic rings. The minimum atomic E-state index is -0.101. The molecular formula is C21H25BrCl2N4OS. The van der Waals surface area contributed by atoms with Crippen LogP contribution in [0.4, 0.5) is 5.69 Å². The van der Waals surface area contributed by atoms with Gasteiger partial charge in [-0.2, -0.15) is 5.10 Å². The molecule has 3 heterocycles. The smallest absolute Gasteiger partial charge is 0.282 e. The summed E-state index contributed by atoms with van der Waals surface area (Å²) in [6.07, 6.45) is 7.37. The summed E-state index contributed by atoms with van der Waals surface area (Å²) in [6, 6.07) is 5.47. The van der Waals surface area contributed by atoms with Gasteiger partial charge in [-0.25, -0.2) is 5.01 Å². The minimum absolute atomic E-state index is 0.0193. The van der Waals surface area contributed by atoms with Gasteiger partial charge in [-0.05, 0) is 59.8 Å². The fourth-order valence-electron chi connectivity index (χ4n) is 4.40. The zero-order valence-electron chi connectivity index (χ0n) is 16.8. The van der Waals surface area contributed by atoms with Gasteiger partial charge in [0.25, 0.3) is 5.91 Å². The van der Waals surface area contributed by atoms with Gasteiger partial charge in [0.05, 0.1) is 16.8 Å². The molecule has 3 aliphatic heterocycles. The maximum Gasteiger partial charge on any atom is 0.282 e. The summed E-state index contributed by atoms with van der Waals surface area (Å²) in [5, 5.41) is 10.2. The van der Waals surface area contributed by atoms with E-state index in [1.807, 2.05) is 22.2 Å². The third-order valence-corrected chi connectivity index (χ3v) is 8.45. The van der Waals surface area contributed by atoms with Gasteiger partial charge >= 0.3 is 0 Å². The van der Waals surface area contributed by atoms with Crippen LogP contribution in [0.25, 0.3) is 0 Å². The van der Waals surface area contributed by atoms with Gasteiger partial charge in [0, 0.05) is 33.1 Å². The van der Waals surface area contributed by atoms with E-state index in [9.17, 15) is 4.79 Å². The number of nitrogens with one attached hydrogen (secondary N) is 1. The molecular weight excluding hydrogens is 507 g/mol. The number of allylic oxidation sites excluding steroid dienone is 1. The highest BCUT2D eigenvalue weighted by atomic mass is 79.9. The molecule has 1 amide bonds. The first kappa shape index (κ1) is 22.5. The van der Waals surface area contributed by atoms with Crippen LogP contribution in [-0.2, 0) is 4.79 Å². The van der Waals surface area contributed by atoms with Crippen LogP contribution < -0.4 is 10.4 Å². The molecule has 0 aliphatic carbocycles. The van der Waals surface area contributed by atoms with Crippen molar-refractivity contribution in [3.05, 3.63) is 38.1 Å². The highest BCUT2D eigenvalue weighted by Gasteiger charge is 2.46. The summed E-state index contributed by atoms with van der Waals surface area (Å²) < 4.78 is 1.13. The number of benzene rings is 1. The van der Waals surface area contributed by atoms with E-state index in [4.69, 9.17) is 28.3 Å². The van der Waals surface area contributed by atoms with Crippen LogP contribution >= 0.6 is 50.9 Å². The summed E-state index contributed by atoms with van der Waals surface area (Å²) in [4.78, 5) is 13.2. The molecule has 1 N–H and O–H groups in total. The van der Waals surface area contributed by atoms with E-state index in [1.54, 1.807) is 17.8 Å². The van der Waals surface area contributed by atoms with E-state index < -0.39 is 0 Å². The average Bonchev–Trinajstić information content (AvgIpc) is 3.32. The number of hydrazone groups is 1. The molecule has 0 aromatic heterocycles. The first-order valence-corrected chi connectivity index (χ1v) is 12.8. The second kappa shape index (κ2) is 9.82. The largest absolute Gasteiger partial charge is 0.284 e. The van der Waals surface area contributed by atoms with Crippen LogP contribution in [0.1, 0.15) is 39.0 Å². The SMILES string of the molecule is CC[C@H]1C(C(=O)NN2CCCCC2)=NN(c2ccc(Cl)cc2Cl)[C@@H]1C1CC=C(Br)S1. The molecule has 5 nitrogen and oxygen atoms in total. The van der Waals surface area contributed by atoms with E-state index in [2.05, 4.69) is 34.4 Å². The Morgan fingerprint density at radius 2 is 2.07 bits per heavy atom. The lowest BCUT2D eigenvalue weighted by molar-refractivity contribution is -0.120. The standard InChI is InChI=1S/C21H25BrCl2N4OS/c1-2-14-19(21(29)26-27-10-4-3-5-11-27)25-28(16-7-6-13(23)12-15(16)24)20(14)17-8-9-18(22)30-17/h6-7,9,12,14,17,20H,2-5,8,10-11H2,1H3,(H,26,29)/t14-,17?,20-/m0/s1. The number of carbonyl (C=O) groups is 1. The quantitative estimate of drug-likeness (QED) is 0.519. The van der Waals surface area contributed by atoms with Crippen LogP contribution in [-0.4, -0.2) is 41.0 Å². The maximum absolute atomic E-state index is 13.2. The first-order valence-electron chi connectivity index (χ1n) is 10.4. The summed E-state index contributed by atoms with van der Waals surface area (Å²) in [7, 11) is 0. The lowest BCUT2D eigenvalue weighted by Gasteiger charge is -2.32. The lowest BCUT2D eigenvalue weighted by Crippen LogP contribution is -2.49. The van der Waals surface area contributed by atoms with E-state index >= 15 is 0 Å². The van der Waals surface area contributed by atoms with Gasteiger partial charge < -0.3 is 0 Å². The summed E-state index contributed by atoms with van der Waals surface area (Å²) >= 11 is 18.1. The predicted molar refractivity (Wildman–Crippen MR) is 131 cm³/mol. The molecule has 0 saturated carbocycles. The zero-order chi connectivity index (χ0) is 21.3. The van der Waals surface area contributed by atoms with Crippen molar-refractivity contribution in [2.45, 2.75) is 50.3 Å². The van der Waals surface area contributed by atoms with Gasteiger partial charge in [0.15, 0.2) is 0 Å². The van der Waals surface area contributed by atoms with Crippen molar-refractivity contribution < 1.29 is 4.79 Å². The number of hydrogen-bond donors (Lipinski definition) is 1. The van der Waals surface area contributed by atoms with Gasteiger partial charge in [0.2, 0.25) is 0 Å². The fourth-order valence-corrected chi connectivity index (χ4v) is 6.92. The van der Waals surface area contributed by atoms with Crippen molar-refractivity contribution in [3.8, 4) is 0 Å². The second-order valence-corrected chi connectivity index (χ2v) is 11.3. The summed E-state index contributed by atoms with van der Waals surface area (Å²) in [6.45, 7) is 3.90. The molecule has 3 aliphatic rings. The number of nitrogens with zero attached hydrogens (tertiary/aromatic N) is 3. The average molecular weight is 532 g/mol. The van der Waals surface area contributed by atoms with Gasteiger partial charge in [0.1, 0.15) is 5.71 Å². The van der Waals surface area contributed by atoms with Crippen molar-refractivity contribution in [1.82, 2.24) is 10.4 Å². The molecule has 30 heavy (non-hydrogen) atoms. The Kier molecular flexibility index (Phi) is 7.35. The number of hydrazine groups is 1. The summed E-state index contributed by atoms with van der Waals surface area (Å²) in [5.41, 5.74) is 4.47. The van der Waals surface area contributed by atoms with Crippen LogP contribution in [0.3, 0.4) is 0 Å². The van der Waals surface area contributed by atoms with E-state index in [1.165, 1.54) is 6.42 Å². The monoisotopic (exact) mass is 530 g/mol.